The summed E-state index contributed by atoms with van der Waals surface area (Å²) in [6.07, 6.45) is -0.944. The Kier molecular flexibility index (Phi) is 5.70. The third kappa shape index (κ3) is 3.97. The first-order chi connectivity index (χ1) is 11.1. The van der Waals surface area contributed by atoms with E-state index >= 15 is 0 Å². The lowest BCUT2D eigenvalue weighted by Crippen LogP contribution is -2.41. The normalized spacial score (nSPS) is 21.7. The minimum Gasteiger partial charge on any atom is -0.459 e. The molecule has 132 valence electrons. The van der Waals surface area contributed by atoms with Crippen molar-refractivity contribution in [3.8, 4) is 0 Å². The van der Waals surface area contributed by atoms with Crippen LogP contribution in [0.4, 0.5) is 0 Å². The Labute approximate surface area is 146 Å². The Morgan fingerprint density at radius 3 is 2.67 bits per heavy atom. The average molecular weight is 374 g/mol. The number of aliphatic hydroxyl groups is 1. The fourth-order valence-electron chi connectivity index (χ4n) is 2.52. The summed E-state index contributed by atoms with van der Waals surface area (Å²) in [6, 6.07) is 3.67. The minimum absolute atomic E-state index is 0.0162. The van der Waals surface area contributed by atoms with Crippen LogP contribution in [0.3, 0.4) is 0 Å². The van der Waals surface area contributed by atoms with Crippen molar-refractivity contribution < 1.29 is 23.1 Å². The number of aryl methyl sites for hydroxylation is 2. The summed E-state index contributed by atoms with van der Waals surface area (Å²) < 4.78 is 31.7. The second kappa shape index (κ2) is 7.23. The molecule has 2 rings (SSSR count). The molecule has 1 aromatic rings. The van der Waals surface area contributed by atoms with Gasteiger partial charge in [-0.2, -0.15) is 4.31 Å². The highest BCUT2D eigenvalue weighted by molar-refractivity contribution is 7.89. The van der Waals surface area contributed by atoms with Crippen LogP contribution >= 0.6 is 11.6 Å². The Morgan fingerprint density at radius 1 is 1.42 bits per heavy atom. The fourth-order valence-corrected chi connectivity index (χ4v) is 4.29. The molecule has 0 aliphatic carbocycles. The van der Waals surface area contributed by atoms with Crippen molar-refractivity contribution in [2.75, 3.05) is 13.2 Å². The maximum atomic E-state index is 12.9. The Morgan fingerprint density at radius 2 is 2.08 bits per heavy atom. The summed E-state index contributed by atoms with van der Waals surface area (Å²) in [5.41, 5.74) is 1.79. The molecule has 1 aliphatic heterocycles. The van der Waals surface area contributed by atoms with E-state index in [1.165, 1.54) is 6.07 Å². The van der Waals surface area contributed by atoms with Gasteiger partial charge in [0.2, 0.25) is 10.0 Å². The van der Waals surface area contributed by atoms with Crippen molar-refractivity contribution in [1.82, 2.24) is 4.31 Å². The molecule has 1 heterocycles. The molecule has 1 saturated heterocycles. The van der Waals surface area contributed by atoms with Gasteiger partial charge in [0.25, 0.3) is 0 Å². The number of nitrogens with zero attached hydrogens (tertiary/aromatic N) is 1. The largest absolute Gasteiger partial charge is 0.459 e. The van der Waals surface area contributed by atoms with E-state index in [0.717, 1.165) is 15.4 Å². The van der Waals surface area contributed by atoms with Gasteiger partial charge in [0.1, 0.15) is 12.6 Å². The van der Waals surface area contributed by atoms with E-state index in [1.807, 2.05) is 13.8 Å². The van der Waals surface area contributed by atoms with Gasteiger partial charge >= 0.3 is 5.97 Å². The van der Waals surface area contributed by atoms with E-state index in [0.29, 0.717) is 0 Å². The number of carbonyl (C=O) groups excluding carboxylic acids is 1. The number of rotatable bonds is 5. The summed E-state index contributed by atoms with van der Waals surface area (Å²) in [4.78, 5) is 12.2. The molecular formula is C16H20ClNO5S. The van der Waals surface area contributed by atoms with Crippen LogP contribution in [0, 0.1) is 13.8 Å². The van der Waals surface area contributed by atoms with Crippen LogP contribution in [0.5, 0.6) is 0 Å². The molecular weight excluding hydrogens is 354 g/mol. The Bertz CT molecular complexity index is 762. The lowest BCUT2D eigenvalue weighted by atomic mass is 10.1. The number of ether oxygens (including phenoxy) is 1. The van der Waals surface area contributed by atoms with Gasteiger partial charge in [-0.1, -0.05) is 24.2 Å². The lowest BCUT2D eigenvalue weighted by Gasteiger charge is -2.22. The van der Waals surface area contributed by atoms with E-state index in [4.69, 9.17) is 16.3 Å². The highest BCUT2D eigenvalue weighted by Gasteiger charge is 2.44. The molecule has 0 aromatic heterocycles. The zero-order valence-electron chi connectivity index (χ0n) is 13.5. The molecule has 8 heteroatoms. The monoisotopic (exact) mass is 373 g/mol. The third-order valence-electron chi connectivity index (χ3n) is 3.96. The number of hydrogen-bond acceptors (Lipinski definition) is 5. The highest BCUT2D eigenvalue weighted by atomic mass is 35.5. The molecule has 0 bridgehead atoms. The zero-order valence-corrected chi connectivity index (χ0v) is 15.1. The van der Waals surface area contributed by atoms with Crippen molar-refractivity contribution in [2.45, 2.75) is 37.3 Å². The van der Waals surface area contributed by atoms with Gasteiger partial charge in [-0.25, -0.2) is 8.42 Å². The number of sulfonamides is 1. The van der Waals surface area contributed by atoms with E-state index in [2.05, 4.69) is 6.58 Å². The number of benzene rings is 1. The predicted octanol–water partition coefficient (Wildman–Crippen LogP) is 1.72. The number of carbonyl (C=O) groups is 1. The number of esters is 1. The lowest BCUT2D eigenvalue weighted by molar-refractivity contribution is -0.146. The van der Waals surface area contributed by atoms with Gasteiger partial charge in [-0.3, -0.25) is 4.79 Å². The van der Waals surface area contributed by atoms with Gasteiger partial charge < -0.3 is 9.84 Å². The van der Waals surface area contributed by atoms with Crippen LogP contribution in [0.15, 0.2) is 34.7 Å². The molecule has 0 amide bonds. The first kappa shape index (κ1) is 18.9. The standard InChI is InChI=1S/C16H20ClNO5S/c1-10-4-5-14(6-11(10)2)24(21,22)18-8-13(19)7-15(18)16(20)23-9-12(3)17/h4-6,13,15,19H,3,7-9H2,1-2H3/t13?,15-/m1/s1. The van der Waals surface area contributed by atoms with Crippen molar-refractivity contribution in [2.24, 2.45) is 0 Å². The van der Waals surface area contributed by atoms with E-state index in [9.17, 15) is 18.3 Å². The number of hydrogen-bond donors (Lipinski definition) is 1. The molecule has 0 spiro atoms. The molecule has 6 nitrogen and oxygen atoms in total. The first-order valence-electron chi connectivity index (χ1n) is 7.40. The quantitative estimate of drug-likeness (QED) is 0.794. The summed E-state index contributed by atoms with van der Waals surface area (Å²) in [5, 5.41) is 9.98. The maximum absolute atomic E-state index is 12.9. The van der Waals surface area contributed by atoms with Gasteiger partial charge in [-0.05, 0) is 37.1 Å². The highest BCUT2D eigenvalue weighted by Crippen LogP contribution is 2.28. The van der Waals surface area contributed by atoms with Gasteiger partial charge in [-0.15, -0.1) is 0 Å². The van der Waals surface area contributed by atoms with Gasteiger partial charge in [0, 0.05) is 18.0 Å². The van der Waals surface area contributed by atoms with Crippen molar-refractivity contribution in [1.29, 1.82) is 0 Å². The van der Waals surface area contributed by atoms with Crippen molar-refractivity contribution in [3.63, 3.8) is 0 Å². The molecule has 1 unspecified atom stereocenters. The van der Waals surface area contributed by atoms with Crippen LogP contribution in [0.1, 0.15) is 17.5 Å². The second-order valence-corrected chi connectivity index (χ2v) is 8.28. The molecule has 0 saturated carbocycles. The van der Waals surface area contributed by atoms with Gasteiger partial charge in [0.05, 0.1) is 11.0 Å². The molecule has 0 radical (unpaired) electrons. The Hall–Kier alpha value is -1.41. The topological polar surface area (TPSA) is 83.9 Å². The van der Waals surface area contributed by atoms with Crippen molar-refractivity contribution >= 4 is 27.6 Å². The van der Waals surface area contributed by atoms with Crippen LogP contribution < -0.4 is 0 Å². The molecule has 2 atom stereocenters. The predicted molar refractivity (Wildman–Crippen MR) is 90.2 cm³/mol. The van der Waals surface area contributed by atoms with Crippen LogP contribution in [0.25, 0.3) is 0 Å². The summed E-state index contributed by atoms with van der Waals surface area (Å²) in [7, 11) is -3.93. The van der Waals surface area contributed by atoms with E-state index < -0.39 is 28.1 Å². The molecule has 1 N–H and O–H groups in total. The molecule has 1 fully saturated rings. The number of β-amino-alcohol motifs (C(OH)–C–C–N with tert-alkyl or cyclic N) is 1. The minimum atomic E-state index is -3.93. The molecule has 24 heavy (non-hydrogen) atoms. The van der Waals surface area contributed by atoms with Crippen LogP contribution in [-0.4, -0.2) is 49.1 Å². The van der Waals surface area contributed by atoms with Gasteiger partial charge in [0.15, 0.2) is 0 Å². The summed E-state index contributed by atoms with van der Waals surface area (Å²) >= 11 is 5.56. The smallest absolute Gasteiger partial charge is 0.324 e. The summed E-state index contributed by atoms with van der Waals surface area (Å²) in [5.74, 6) is -0.749. The molecule has 1 aromatic carbocycles. The van der Waals surface area contributed by atoms with E-state index in [1.54, 1.807) is 12.1 Å². The van der Waals surface area contributed by atoms with Crippen molar-refractivity contribution in [3.05, 3.63) is 40.9 Å². The van der Waals surface area contributed by atoms with E-state index in [-0.39, 0.29) is 29.5 Å². The SMILES string of the molecule is C=C(Cl)COC(=O)[C@H]1CC(O)CN1S(=O)(=O)c1ccc(C)c(C)c1. The number of halogens is 1. The van der Waals surface area contributed by atoms with Crippen LogP contribution in [-0.2, 0) is 19.6 Å². The first-order valence-corrected chi connectivity index (χ1v) is 9.22. The maximum Gasteiger partial charge on any atom is 0.324 e. The fraction of sp³-hybridized carbons (Fsp3) is 0.438. The second-order valence-electron chi connectivity index (χ2n) is 5.85. The average Bonchev–Trinajstić information content (AvgIpc) is 2.90. The molecule has 1 aliphatic rings. The Balaban J connectivity index is 2.30. The summed E-state index contributed by atoms with van der Waals surface area (Å²) in [6.45, 7) is 6.74. The zero-order chi connectivity index (χ0) is 18.1. The third-order valence-corrected chi connectivity index (χ3v) is 5.94. The number of aliphatic hydroxyl groups excluding tert-OH is 1. The van der Waals surface area contributed by atoms with Crippen LogP contribution in [0.2, 0.25) is 0 Å².